The van der Waals surface area contributed by atoms with Gasteiger partial charge >= 0.3 is 5.97 Å². The number of carbonyl (C=O) groups excluding carboxylic acids is 1. The second-order valence-corrected chi connectivity index (χ2v) is 12.9. The molecule has 252 valence electrons. The van der Waals surface area contributed by atoms with Gasteiger partial charge in [0, 0.05) is 5.02 Å². The van der Waals surface area contributed by atoms with Gasteiger partial charge in [-0.15, -0.1) is 0 Å². The summed E-state index contributed by atoms with van der Waals surface area (Å²) in [5.74, 6) is 1.29. The average Bonchev–Trinajstić information content (AvgIpc) is 3.34. The smallest absolute Gasteiger partial charge is 0.338 e. The predicted octanol–water partition coefficient (Wildman–Crippen LogP) is 6.88. The maximum Gasteiger partial charge on any atom is 0.338 e. The number of aromatic nitrogens is 1. The van der Waals surface area contributed by atoms with Crippen LogP contribution in [-0.2, 0) is 16.1 Å². The third kappa shape index (κ3) is 7.56. The highest BCUT2D eigenvalue weighted by atomic mass is 35.5. The summed E-state index contributed by atoms with van der Waals surface area (Å²) < 4.78 is 30.8. The minimum absolute atomic E-state index is 0.0829. The maximum absolute atomic E-state index is 14.2. The van der Waals surface area contributed by atoms with E-state index in [9.17, 15) is 9.59 Å². The number of hydrogen-bond donors (Lipinski definition) is 0. The van der Waals surface area contributed by atoms with Gasteiger partial charge in [0.15, 0.2) is 27.8 Å². The highest BCUT2D eigenvalue weighted by molar-refractivity contribution is 7.07. The molecule has 1 atom stereocenters. The van der Waals surface area contributed by atoms with E-state index in [1.54, 1.807) is 63.4 Å². The Morgan fingerprint density at radius 2 is 1.75 bits per heavy atom. The normalized spacial score (nSPS) is 14.4. The first-order chi connectivity index (χ1) is 23.0. The summed E-state index contributed by atoms with van der Waals surface area (Å²) in [6.07, 6.45) is 1.64. The van der Waals surface area contributed by atoms with E-state index in [1.165, 1.54) is 15.9 Å². The van der Waals surface area contributed by atoms with Crippen LogP contribution in [0.4, 0.5) is 0 Å². The zero-order valence-electron chi connectivity index (χ0n) is 27.5. The number of benzene rings is 3. The summed E-state index contributed by atoms with van der Waals surface area (Å²) in [6, 6.07) is 15.4. The Morgan fingerprint density at radius 1 is 1.00 bits per heavy atom. The molecule has 12 heteroatoms. The third-order valence-electron chi connectivity index (χ3n) is 7.31. The first-order valence-corrected chi connectivity index (χ1v) is 17.0. The van der Waals surface area contributed by atoms with Crippen LogP contribution in [0.2, 0.25) is 10.0 Å². The number of fused-ring (bicyclic) bond motifs is 1. The monoisotopic (exact) mass is 710 g/mol. The van der Waals surface area contributed by atoms with E-state index in [0.717, 1.165) is 5.56 Å². The van der Waals surface area contributed by atoms with Crippen LogP contribution < -0.4 is 33.8 Å². The van der Waals surface area contributed by atoms with Gasteiger partial charge in [-0.05, 0) is 93.8 Å². The topological polar surface area (TPSA) is 97.6 Å². The largest absolute Gasteiger partial charge is 0.493 e. The quantitative estimate of drug-likeness (QED) is 0.148. The lowest BCUT2D eigenvalue weighted by molar-refractivity contribution is -0.139. The number of esters is 1. The van der Waals surface area contributed by atoms with E-state index in [4.69, 9.17) is 46.9 Å². The zero-order chi connectivity index (χ0) is 34.5. The van der Waals surface area contributed by atoms with Crippen LogP contribution in [0.15, 0.2) is 75.7 Å². The minimum atomic E-state index is -0.823. The first kappa shape index (κ1) is 35.1. The number of carbonyl (C=O) groups is 1. The fraction of sp³-hybridized carbons (Fsp3) is 0.306. The van der Waals surface area contributed by atoms with Crippen molar-refractivity contribution in [3.05, 3.63) is 112 Å². The summed E-state index contributed by atoms with van der Waals surface area (Å²) >= 11 is 13.9. The molecule has 0 aliphatic carbocycles. The van der Waals surface area contributed by atoms with Gasteiger partial charge in [-0.2, -0.15) is 0 Å². The van der Waals surface area contributed by atoms with Crippen LogP contribution in [0.1, 0.15) is 57.4 Å². The maximum atomic E-state index is 14.2. The van der Waals surface area contributed by atoms with Crippen LogP contribution in [0.25, 0.3) is 6.08 Å². The van der Waals surface area contributed by atoms with Crippen LogP contribution in [0, 0.1) is 0 Å². The van der Waals surface area contributed by atoms with Gasteiger partial charge in [-0.25, -0.2) is 9.79 Å². The van der Waals surface area contributed by atoms with Crippen molar-refractivity contribution in [1.82, 2.24) is 4.57 Å². The molecule has 0 saturated heterocycles. The van der Waals surface area contributed by atoms with Crippen molar-refractivity contribution in [3.63, 3.8) is 0 Å². The highest BCUT2D eigenvalue weighted by Crippen LogP contribution is 2.38. The lowest BCUT2D eigenvalue weighted by atomic mass is 9.95. The second kappa shape index (κ2) is 15.3. The SMILES string of the molecule is CCOC(=O)C1=C(C)N=c2s/c(=C\c3cc(Cl)c(OCc4ccc(Cl)cc4)c(OCC)c3)c(=O)n2[C@@H]1c1ccc(OC(C)C)c(OC)c1. The van der Waals surface area contributed by atoms with Crippen molar-refractivity contribution < 1.29 is 28.5 Å². The van der Waals surface area contributed by atoms with Gasteiger partial charge in [0.25, 0.3) is 5.56 Å². The van der Waals surface area contributed by atoms with Crippen LogP contribution in [-0.4, -0.2) is 37.0 Å². The van der Waals surface area contributed by atoms with E-state index in [0.29, 0.717) is 65.8 Å². The third-order valence-corrected chi connectivity index (χ3v) is 8.82. The van der Waals surface area contributed by atoms with Crippen LogP contribution >= 0.6 is 34.5 Å². The standard InChI is InChI=1S/C36H36Cl2N2O7S/c1-7-44-29-16-23(15-26(38)33(29)46-19-22-9-12-25(37)13-10-22)17-30-34(41)40-32(24-11-14-27(47-20(3)4)28(18-24)43-6)31(35(42)45-8-2)21(5)39-36(40)48-30/h9-18,20,32H,7-8,19H2,1-6H3/b30-17-/t32-/m1/s1. The molecule has 1 aliphatic heterocycles. The number of ether oxygens (including phenoxy) is 5. The second-order valence-electron chi connectivity index (χ2n) is 11.1. The number of nitrogens with zero attached hydrogens (tertiary/aromatic N) is 2. The molecular formula is C36H36Cl2N2O7S. The fourth-order valence-corrected chi connectivity index (χ4v) is 6.72. The Labute approximate surface area is 292 Å². The Balaban J connectivity index is 1.60. The molecule has 5 rings (SSSR count). The molecule has 1 aromatic heterocycles. The summed E-state index contributed by atoms with van der Waals surface area (Å²) in [7, 11) is 1.54. The Morgan fingerprint density at radius 3 is 2.42 bits per heavy atom. The van der Waals surface area contributed by atoms with Crippen LogP contribution in [0.5, 0.6) is 23.0 Å². The average molecular weight is 712 g/mol. The molecule has 3 aromatic carbocycles. The Hall–Kier alpha value is -4.25. The molecule has 48 heavy (non-hydrogen) atoms. The molecule has 0 N–H and O–H groups in total. The molecule has 0 spiro atoms. The lowest BCUT2D eigenvalue weighted by Crippen LogP contribution is -2.40. The summed E-state index contributed by atoms with van der Waals surface area (Å²) in [5, 5.41) is 0.956. The summed E-state index contributed by atoms with van der Waals surface area (Å²) in [5.41, 5.74) is 2.56. The molecule has 9 nitrogen and oxygen atoms in total. The van der Waals surface area contributed by atoms with E-state index < -0.39 is 12.0 Å². The minimum Gasteiger partial charge on any atom is -0.493 e. The van der Waals surface area contributed by atoms with Gasteiger partial charge in [-0.3, -0.25) is 9.36 Å². The van der Waals surface area contributed by atoms with E-state index in [1.807, 2.05) is 39.0 Å². The summed E-state index contributed by atoms with van der Waals surface area (Å²) in [4.78, 5) is 32.6. The lowest BCUT2D eigenvalue weighted by Gasteiger charge is -2.25. The number of allylic oxidation sites excluding steroid dienone is 1. The van der Waals surface area contributed by atoms with Crippen molar-refractivity contribution in [3.8, 4) is 23.0 Å². The molecule has 4 aromatic rings. The number of halogens is 2. The first-order valence-electron chi connectivity index (χ1n) is 15.4. The van der Waals surface area contributed by atoms with E-state index >= 15 is 0 Å². The Kier molecular flexibility index (Phi) is 11.2. The zero-order valence-corrected chi connectivity index (χ0v) is 29.8. The Bertz CT molecular complexity index is 2030. The van der Waals surface area contributed by atoms with Gasteiger partial charge in [0.1, 0.15) is 6.61 Å². The van der Waals surface area contributed by atoms with Gasteiger partial charge in [-0.1, -0.05) is 52.7 Å². The molecule has 0 saturated carbocycles. The molecule has 0 unspecified atom stereocenters. The van der Waals surface area contributed by atoms with Crippen molar-refractivity contribution in [1.29, 1.82) is 0 Å². The number of hydrogen-bond acceptors (Lipinski definition) is 9. The predicted molar refractivity (Wildman–Crippen MR) is 188 cm³/mol. The summed E-state index contributed by atoms with van der Waals surface area (Å²) in [6.45, 7) is 9.97. The van der Waals surface area contributed by atoms with Gasteiger partial charge < -0.3 is 23.7 Å². The van der Waals surface area contributed by atoms with Crippen molar-refractivity contribution in [2.75, 3.05) is 20.3 Å². The van der Waals surface area contributed by atoms with Crippen molar-refractivity contribution in [2.45, 2.75) is 53.4 Å². The van der Waals surface area contributed by atoms with Gasteiger partial charge in [0.05, 0.1) is 53.3 Å². The number of thiazole rings is 1. The highest BCUT2D eigenvalue weighted by Gasteiger charge is 2.34. The molecule has 1 aliphatic rings. The van der Waals surface area contributed by atoms with Crippen LogP contribution in [0.3, 0.4) is 0 Å². The van der Waals surface area contributed by atoms with E-state index in [2.05, 4.69) is 4.99 Å². The number of methoxy groups -OCH3 is 1. The molecule has 0 radical (unpaired) electrons. The molecular weight excluding hydrogens is 675 g/mol. The van der Waals surface area contributed by atoms with Gasteiger partial charge in [0.2, 0.25) is 0 Å². The van der Waals surface area contributed by atoms with Crippen molar-refractivity contribution >= 4 is 46.6 Å². The molecule has 0 amide bonds. The number of rotatable bonds is 12. The molecule has 2 heterocycles. The molecule has 0 fully saturated rings. The fourth-order valence-electron chi connectivity index (χ4n) is 5.27. The molecule has 0 bridgehead atoms. The van der Waals surface area contributed by atoms with E-state index in [-0.39, 0.29) is 30.5 Å². The van der Waals surface area contributed by atoms with Crippen molar-refractivity contribution in [2.24, 2.45) is 4.99 Å².